The number of oxazole rings is 1. The van der Waals surface area contributed by atoms with Crippen molar-refractivity contribution in [2.75, 3.05) is 32.0 Å². The summed E-state index contributed by atoms with van der Waals surface area (Å²) < 4.78 is 5.68. The minimum absolute atomic E-state index is 0.00598. The maximum absolute atomic E-state index is 12.0. The van der Waals surface area contributed by atoms with Crippen molar-refractivity contribution in [2.24, 2.45) is 0 Å². The molecular formula is C16H23N5O2S. The van der Waals surface area contributed by atoms with Crippen LogP contribution in [0.15, 0.2) is 22.2 Å². The highest BCUT2D eigenvalue weighted by atomic mass is 32.1. The Morgan fingerprint density at radius 2 is 2.42 bits per heavy atom. The fourth-order valence-corrected chi connectivity index (χ4v) is 3.43. The Hall–Kier alpha value is -1.77. The van der Waals surface area contributed by atoms with Gasteiger partial charge in [0, 0.05) is 37.1 Å². The van der Waals surface area contributed by atoms with Crippen molar-refractivity contribution in [2.45, 2.75) is 32.4 Å². The van der Waals surface area contributed by atoms with E-state index in [9.17, 15) is 4.79 Å². The van der Waals surface area contributed by atoms with Gasteiger partial charge in [0.15, 0.2) is 5.13 Å². The molecule has 1 atom stereocenters. The van der Waals surface area contributed by atoms with Crippen molar-refractivity contribution in [3.8, 4) is 0 Å². The third kappa shape index (κ3) is 4.40. The Morgan fingerprint density at radius 1 is 1.54 bits per heavy atom. The smallest absolute Gasteiger partial charge is 0.240 e. The van der Waals surface area contributed by atoms with Gasteiger partial charge in [0.25, 0.3) is 0 Å². The molecule has 24 heavy (non-hydrogen) atoms. The molecule has 2 aromatic heterocycles. The number of aryl methyl sites for hydroxylation is 1. The van der Waals surface area contributed by atoms with Crippen LogP contribution in [0.1, 0.15) is 25.0 Å². The van der Waals surface area contributed by atoms with Gasteiger partial charge in [0.2, 0.25) is 11.8 Å². The number of aromatic nitrogens is 2. The summed E-state index contributed by atoms with van der Waals surface area (Å²) in [5, 5.41) is 5.34. The third-order valence-electron chi connectivity index (χ3n) is 4.25. The molecule has 1 saturated heterocycles. The highest BCUT2D eigenvalue weighted by molar-refractivity contribution is 7.13. The number of rotatable bonds is 7. The number of anilines is 1. The van der Waals surface area contributed by atoms with E-state index >= 15 is 0 Å². The fourth-order valence-electron chi connectivity index (χ4n) is 2.89. The second kappa shape index (κ2) is 7.87. The second-order valence-corrected chi connectivity index (χ2v) is 6.95. The van der Waals surface area contributed by atoms with Gasteiger partial charge in [0.05, 0.1) is 19.3 Å². The van der Waals surface area contributed by atoms with Crippen molar-refractivity contribution in [3.63, 3.8) is 0 Å². The largest absolute Gasteiger partial charge is 0.444 e. The summed E-state index contributed by atoms with van der Waals surface area (Å²) in [4.78, 5) is 24.9. The zero-order valence-corrected chi connectivity index (χ0v) is 14.9. The summed E-state index contributed by atoms with van der Waals surface area (Å²) in [7, 11) is 2.08. The van der Waals surface area contributed by atoms with E-state index in [-0.39, 0.29) is 5.91 Å². The fraction of sp³-hybridized carbons (Fsp3) is 0.562. The van der Waals surface area contributed by atoms with Gasteiger partial charge in [-0.25, -0.2) is 9.97 Å². The van der Waals surface area contributed by atoms with E-state index in [2.05, 4.69) is 39.1 Å². The SMILES string of the molecule is CCc1cnc(CN(C)[C@@H]2CCN(CC(=O)Nc3nccs3)C2)o1. The molecule has 3 heterocycles. The Kier molecular flexibility index (Phi) is 5.60. The Morgan fingerprint density at radius 3 is 3.12 bits per heavy atom. The molecule has 0 aliphatic carbocycles. The number of amides is 1. The number of carbonyl (C=O) groups excluding carboxylic acids is 1. The number of hydrogen-bond donors (Lipinski definition) is 1. The Labute approximate surface area is 145 Å². The Bertz CT molecular complexity index is 657. The van der Waals surface area contributed by atoms with Crippen molar-refractivity contribution in [1.29, 1.82) is 0 Å². The van der Waals surface area contributed by atoms with Crippen molar-refractivity contribution in [1.82, 2.24) is 19.8 Å². The van der Waals surface area contributed by atoms with Gasteiger partial charge < -0.3 is 9.73 Å². The molecule has 0 saturated carbocycles. The molecule has 0 aromatic carbocycles. The zero-order valence-electron chi connectivity index (χ0n) is 14.1. The summed E-state index contributed by atoms with van der Waals surface area (Å²) in [6.45, 7) is 4.96. The number of nitrogens with one attached hydrogen (secondary N) is 1. The normalized spacial score (nSPS) is 18.4. The van der Waals surface area contributed by atoms with Crippen LogP contribution in [0.2, 0.25) is 0 Å². The number of hydrogen-bond acceptors (Lipinski definition) is 7. The molecule has 1 fully saturated rings. The summed E-state index contributed by atoms with van der Waals surface area (Å²) in [5.41, 5.74) is 0. The predicted molar refractivity (Wildman–Crippen MR) is 92.9 cm³/mol. The average Bonchev–Trinajstić information content (AvgIpc) is 3.28. The predicted octanol–water partition coefficient (Wildman–Crippen LogP) is 1.84. The van der Waals surface area contributed by atoms with Crippen LogP contribution < -0.4 is 5.32 Å². The van der Waals surface area contributed by atoms with Crippen LogP contribution in [-0.2, 0) is 17.8 Å². The number of likely N-dealkylation sites (tertiary alicyclic amines) is 1. The van der Waals surface area contributed by atoms with Crippen LogP contribution in [0, 0.1) is 0 Å². The van der Waals surface area contributed by atoms with E-state index in [0.29, 0.717) is 24.3 Å². The molecule has 7 nitrogen and oxygen atoms in total. The summed E-state index contributed by atoms with van der Waals surface area (Å²) in [6.07, 6.45) is 5.39. The molecule has 130 valence electrons. The van der Waals surface area contributed by atoms with E-state index in [4.69, 9.17) is 4.42 Å². The molecule has 0 unspecified atom stereocenters. The number of thiazole rings is 1. The van der Waals surface area contributed by atoms with E-state index in [0.717, 1.165) is 37.6 Å². The van der Waals surface area contributed by atoms with Gasteiger partial charge in [-0.15, -0.1) is 11.3 Å². The molecule has 1 aliphatic heterocycles. The molecular weight excluding hydrogens is 326 g/mol. The van der Waals surface area contributed by atoms with Crippen LogP contribution in [0.3, 0.4) is 0 Å². The molecule has 1 aliphatic rings. The van der Waals surface area contributed by atoms with Crippen LogP contribution in [-0.4, -0.2) is 58.4 Å². The van der Waals surface area contributed by atoms with Crippen molar-refractivity contribution >= 4 is 22.4 Å². The topological polar surface area (TPSA) is 74.5 Å². The first-order chi connectivity index (χ1) is 11.6. The molecule has 1 N–H and O–H groups in total. The lowest BCUT2D eigenvalue weighted by atomic mass is 10.2. The zero-order chi connectivity index (χ0) is 16.9. The van der Waals surface area contributed by atoms with Crippen LogP contribution in [0.5, 0.6) is 0 Å². The molecule has 0 spiro atoms. The lowest BCUT2D eigenvalue weighted by molar-refractivity contribution is -0.117. The third-order valence-corrected chi connectivity index (χ3v) is 4.94. The molecule has 3 rings (SSSR count). The van der Waals surface area contributed by atoms with Crippen molar-refractivity contribution in [3.05, 3.63) is 29.4 Å². The van der Waals surface area contributed by atoms with Crippen LogP contribution >= 0.6 is 11.3 Å². The number of nitrogens with zero attached hydrogens (tertiary/aromatic N) is 4. The monoisotopic (exact) mass is 349 g/mol. The first-order valence-electron chi connectivity index (χ1n) is 8.19. The first kappa shape index (κ1) is 17.1. The first-order valence-corrected chi connectivity index (χ1v) is 9.07. The van der Waals surface area contributed by atoms with E-state index in [1.165, 1.54) is 11.3 Å². The quantitative estimate of drug-likeness (QED) is 0.822. The number of carbonyl (C=O) groups is 1. The highest BCUT2D eigenvalue weighted by Gasteiger charge is 2.27. The standard InChI is InChI=1S/C16H23N5O2S/c1-3-13-8-18-15(23-13)11-20(2)12-4-6-21(9-12)10-14(22)19-16-17-5-7-24-16/h5,7-8,12H,3-4,6,9-11H2,1-2H3,(H,17,19,22)/t12-/m1/s1. The second-order valence-electron chi connectivity index (χ2n) is 6.05. The minimum Gasteiger partial charge on any atom is -0.444 e. The van der Waals surface area contributed by atoms with E-state index in [1.807, 2.05) is 5.38 Å². The number of likely N-dealkylation sites (N-methyl/N-ethyl adjacent to an activating group) is 1. The summed E-state index contributed by atoms with van der Waals surface area (Å²) in [6, 6.07) is 0.412. The summed E-state index contributed by atoms with van der Waals surface area (Å²) >= 11 is 1.43. The van der Waals surface area contributed by atoms with Gasteiger partial charge in [0.1, 0.15) is 5.76 Å². The molecule has 8 heteroatoms. The van der Waals surface area contributed by atoms with Crippen LogP contribution in [0.4, 0.5) is 5.13 Å². The van der Waals surface area contributed by atoms with Gasteiger partial charge in [-0.05, 0) is 13.5 Å². The van der Waals surface area contributed by atoms with Gasteiger partial charge >= 0.3 is 0 Å². The lowest BCUT2D eigenvalue weighted by Gasteiger charge is -2.23. The lowest BCUT2D eigenvalue weighted by Crippen LogP contribution is -2.36. The Balaban J connectivity index is 1.45. The maximum Gasteiger partial charge on any atom is 0.240 e. The summed E-state index contributed by atoms with van der Waals surface area (Å²) in [5.74, 6) is 1.67. The van der Waals surface area contributed by atoms with E-state index < -0.39 is 0 Å². The molecule has 1 amide bonds. The van der Waals surface area contributed by atoms with Gasteiger partial charge in [-0.1, -0.05) is 6.92 Å². The molecule has 0 bridgehead atoms. The van der Waals surface area contributed by atoms with Crippen molar-refractivity contribution < 1.29 is 9.21 Å². The average molecular weight is 349 g/mol. The van der Waals surface area contributed by atoms with Gasteiger partial charge in [-0.2, -0.15) is 0 Å². The maximum atomic E-state index is 12.0. The molecule has 2 aromatic rings. The minimum atomic E-state index is -0.00598. The molecule has 0 radical (unpaired) electrons. The van der Waals surface area contributed by atoms with Gasteiger partial charge in [-0.3, -0.25) is 14.6 Å². The highest BCUT2D eigenvalue weighted by Crippen LogP contribution is 2.17. The van der Waals surface area contributed by atoms with Crippen LogP contribution in [0.25, 0.3) is 0 Å². The van der Waals surface area contributed by atoms with E-state index in [1.54, 1.807) is 12.4 Å².